The fourth-order valence-electron chi connectivity index (χ4n) is 0.969. The molecule has 0 aromatic heterocycles. The summed E-state index contributed by atoms with van der Waals surface area (Å²) in [5.74, 6) is 0.128. The summed E-state index contributed by atoms with van der Waals surface area (Å²) in [6, 6.07) is 0. The van der Waals surface area contributed by atoms with Crippen molar-refractivity contribution in [1.29, 1.82) is 0 Å². The van der Waals surface area contributed by atoms with Crippen LogP contribution in [0.5, 0.6) is 0 Å². The van der Waals surface area contributed by atoms with Gasteiger partial charge in [0.25, 0.3) is 0 Å². The molecule has 52 valence electrons. The van der Waals surface area contributed by atoms with Crippen LogP contribution in [-0.4, -0.2) is 19.0 Å². The summed E-state index contributed by atoms with van der Waals surface area (Å²) in [5, 5.41) is 2.74. The zero-order valence-corrected chi connectivity index (χ0v) is 5.61. The Hall–Kier alpha value is -0.570. The summed E-state index contributed by atoms with van der Waals surface area (Å²) in [6.07, 6.45) is 0.587. The first kappa shape index (κ1) is 6.55. The van der Waals surface area contributed by atoms with Crippen molar-refractivity contribution in [1.82, 2.24) is 5.32 Å². The average molecular weight is 128 g/mol. The van der Waals surface area contributed by atoms with E-state index in [0.29, 0.717) is 13.0 Å². The van der Waals surface area contributed by atoms with Gasteiger partial charge < -0.3 is 11.1 Å². The van der Waals surface area contributed by atoms with Crippen molar-refractivity contribution in [3.63, 3.8) is 0 Å². The smallest absolute Gasteiger partial charge is 0.220 e. The van der Waals surface area contributed by atoms with Crippen LogP contribution in [0.2, 0.25) is 0 Å². The van der Waals surface area contributed by atoms with Crippen LogP contribution in [0.15, 0.2) is 0 Å². The zero-order chi connectivity index (χ0) is 6.91. The third-order valence-corrected chi connectivity index (χ3v) is 1.79. The quantitative estimate of drug-likeness (QED) is 0.499. The highest BCUT2D eigenvalue weighted by Gasteiger charge is 2.31. The van der Waals surface area contributed by atoms with Gasteiger partial charge in [-0.1, -0.05) is 6.92 Å². The van der Waals surface area contributed by atoms with Gasteiger partial charge in [-0.2, -0.15) is 0 Å². The van der Waals surface area contributed by atoms with E-state index in [1.165, 1.54) is 0 Å². The number of amides is 1. The highest BCUT2D eigenvalue weighted by molar-refractivity contribution is 5.79. The minimum absolute atomic E-state index is 0.0249. The van der Waals surface area contributed by atoms with Crippen LogP contribution in [0.1, 0.15) is 13.3 Å². The molecule has 1 aliphatic heterocycles. The monoisotopic (exact) mass is 128 g/mol. The van der Waals surface area contributed by atoms with E-state index in [0.717, 1.165) is 6.54 Å². The number of hydrogen-bond acceptors (Lipinski definition) is 2. The van der Waals surface area contributed by atoms with Gasteiger partial charge in [0.15, 0.2) is 0 Å². The van der Waals surface area contributed by atoms with Gasteiger partial charge in [-0.3, -0.25) is 4.79 Å². The van der Waals surface area contributed by atoms with Crippen molar-refractivity contribution >= 4 is 5.91 Å². The number of carbonyl (C=O) groups excluding carboxylic acids is 1. The molecule has 3 N–H and O–H groups in total. The van der Waals surface area contributed by atoms with Crippen molar-refractivity contribution in [3.05, 3.63) is 0 Å². The van der Waals surface area contributed by atoms with Gasteiger partial charge in [-0.15, -0.1) is 0 Å². The predicted octanol–water partition coefficient (Wildman–Crippen LogP) is -0.529. The Morgan fingerprint density at radius 3 is 2.78 bits per heavy atom. The molecular formula is C6H12N2O. The highest BCUT2D eigenvalue weighted by Crippen LogP contribution is 2.22. The number of hydrogen-bond donors (Lipinski definition) is 2. The molecule has 1 heterocycles. The average Bonchev–Trinajstić information content (AvgIpc) is 2.13. The summed E-state index contributed by atoms with van der Waals surface area (Å²) < 4.78 is 0. The topological polar surface area (TPSA) is 55.1 Å². The SMILES string of the molecule is C[C@@]1(CN)CNC(=O)C1. The van der Waals surface area contributed by atoms with E-state index in [-0.39, 0.29) is 11.3 Å². The van der Waals surface area contributed by atoms with E-state index in [1.807, 2.05) is 6.92 Å². The summed E-state index contributed by atoms with van der Waals surface area (Å²) in [5.41, 5.74) is 5.46. The van der Waals surface area contributed by atoms with E-state index in [1.54, 1.807) is 0 Å². The Morgan fingerprint density at radius 1 is 1.89 bits per heavy atom. The molecule has 1 rings (SSSR count). The molecule has 1 fully saturated rings. The molecule has 1 atom stereocenters. The van der Waals surface area contributed by atoms with Crippen molar-refractivity contribution in [2.45, 2.75) is 13.3 Å². The van der Waals surface area contributed by atoms with Gasteiger partial charge in [0.2, 0.25) is 5.91 Å². The molecule has 0 unspecified atom stereocenters. The first-order chi connectivity index (χ1) is 4.16. The molecule has 0 spiro atoms. The Morgan fingerprint density at radius 2 is 2.56 bits per heavy atom. The van der Waals surface area contributed by atoms with Gasteiger partial charge in [0.05, 0.1) is 0 Å². The summed E-state index contributed by atoms with van der Waals surface area (Å²) in [6.45, 7) is 3.35. The molecule has 1 aliphatic rings. The maximum Gasteiger partial charge on any atom is 0.220 e. The molecule has 0 bridgehead atoms. The van der Waals surface area contributed by atoms with E-state index < -0.39 is 0 Å². The lowest BCUT2D eigenvalue weighted by Gasteiger charge is -2.16. The van der Waals surface area contributed by atoms with Crippen LogP contribution in [-0.2, 0) is 4.79 Å². The van der Waals surface area contributed by atoms with Crippen LogP contribution in [0.3, 0.4) is 0 Å². The van der Waals surface area contributed by atoms with Crippen molar-refractivity contribution in [3.8, 4) is 0 Å². The van der Waals surface area contributed by atoms with Crippen molar-refractivity contribution in [2.24, 2.45) is 11.1 Å². The maximum atomic E-state index is 10.7. The van der Waals surface area contributed by atoms with Crippen molar-refractivity contribution in [2.75, 3.05) is 13.1 Å². The number of nitrogens with one attached hydrogen (secondary N) is 1. The minimum Gasteiger partial charge on any atom is -0.355 e. The Balaban J connectivity index is 2.54. The number of carbonyl (C=O) groups is 1. The lowest BCUT2D eigenvalue weighted by Crippen LogP contribution is -2.29. The number of nitrogens with two attached hydrogens (primary N) is 1. The Bertz CT molecular complexity index is 135. The van der Waals surface area contributed by atoms with Crippen LogP contribution in [0, 0.1) is 5.41 Å². The summed E-state index contributed by atoms with van der Waals surface area (Å²) in [7, 11) is 0. The normalized spacial score (nSPS) is 34.7. The molecule has 1 saturated heterocycles. The first-order valence-electron chi connectivity index (χ1n) is 3.13. The standard InChI is InChI=1S/C6H12N2O/c1-6(3-7)2-5(9)8-4-6/h2-4,7H2,1H3,(H,8,9)/t6-/m1/s1. The second-order valence-electron chi connectivity index (χ2n) is 2.97. The fraction of sp³-hybridized carbons (Fsp3) is 0.833. The molecule has 1 amide bonds. The molecule has 9 heavy (non-hydrogen) atoms. The Labute approximate surface area is 54.6 Å². The minimum atomic E-state index is 0.0249. The predicted molar refractivity (Wildman–Crippen MR) is 34.8 cm³/mol. The molecule has 0 aromatic rings. The van der Waals surface area contributed by atoms with E-state index in [2.05, 4.69) is 5.32 Å². The molecule has 0 radical (unpaired) electrons. The van der Waals surface area contributed by atoms with Crippen LogP contribution < -0.4 is 11.1 Å². The number of rotatable bonds is 1. The maximum absolute atomic E-state index is 10.7. The second-order valence-corrected chi connectivity index (χ2v) is 2.97. The highest BCUT2D eigenvalue weighted by atomic mass is 16.1. The largest absolute Gasteiger partial charge is 0.355 e. The van der Waals surface area contributed by atoms with Crippen LogP contribution in [0.25, 0.3) is 0 Å². The van der Waals surface area contributed by atoms with Gasteiger partial charge in [0.1, 0.15) is 0 Å². The summed E-state index contributed by atoms with van der Waals surface area (Å²) >= 11 is 0. The Kier molecular flexibility index (Phi) is 1.45. The third-order valence-electron chi connectivity index (χ3n) is 1.79. The van der Waals surface area contributed by atoms with E-state index in [9.17, 15) is 4.79 Å². The molecule has 0 aliphatic carbocycles. The van der Waals surface area contributed by atoms with Crippen molar-refractivity contribution < 1.29 is 4.79 Å². The second kappa shape index (κ2) is 1.99. The van der Waals surface area contributed by atoms with Gasteiger partial charge in [-0.05, 0) is 6.54 Å². The zero-order valence-electron chi connectivity index (χ0n) is 5.61. The molecule has 0 aromatic carbocycles. The first-order valence-corrected chi connectivity index (χ1v) is 3.13. The molecular weight excluding hydrogens is 116 g/mol. The van der Waals surface area contributed by atoms with Gasteiger partial charge in [0, 0.05) is 18.4 Å². The van der Waals surface area contributed by atoms with Crippen LogP contribution in [0.4, 0.5) is 0 Å². The van der Waals surface area contributed by atoms with E-state index in [4.69, 9.17) is 5.73 Å². The lowest BCUT2D eigenvalue weighted by atomic mass is 9.90. The van der Waals surface area contributed by atoms with E-state index >= 15 is 0 Å². The molecule has 3 heteroatoms. The molecule has 0 saturated carbocycles. The lowest BCUT2D eigenvalue weighted by molar-refractivity contribution is -0.119. The fourth-order valence-corrected chi connectivity index (χ4v) is 0.969. The summed E-state index contributed by atoms with van der Waals surface area (Å²) in [4.78, 5) is 10.7. The van der Waals surface area contributed by atoms with Gasteiger partial charge in [-0.25, -0.2) is 0 Å². The van der Waals surface area contributed by atoms with Crippen LogP contribution >= 0.6 is 0 Å². The third kappa shape index (κ3) is 1.21. The van der Waals surface area contributed by atoms with Gasteiger partial charge >= 0.3 is 0 Å². The molecule has 3 nitrogen and oxygen atoms in total.